The normalized spacial score (nSPS) is 17.2. The Morgan fingerprint density at radius 3 is 2.55 bits per heavy atom. The molecule has 1 aliphatic rings. The number of aromatic amines is 1. The van der Waals surface area contributed by atoms with Crippen molar-refractivity contribution >= 4 is 25.9 Å². The van der Waals surface area contributed by atoms with Crippen LogP contribution in [0, 0.1) is 0 Å². The van der Waals surface area contributed by atoms with Crippen LogP contribution >= 0.6 is 0 Å². The van der Waals surface area contributed by atoms with Crippen molar-refractivity contribution in [3.63, 3.8) is 0 Å². The molecule has 3 heterocycles. The van der Waals surface area contributed by atoms with Gasteiger partial charge in [0, 0.05) is 44.0 Å². The van der Waals surface area contributed by atoms with Gasteiger partial charge in [-0.3, -0.25) is 0 Å². The highest BCUT2D eigenvalue weighted by molar-refractivity contribution is 7.92. The molecule has 176 valence electrons. The van der Waals surface area contributed by atoms with Gasteiger partial charge in [0.1, 0.15) is 15.6 Å². The Balaban J connectivity index is 1.88. The van der Waals surface area contributed by atoms with Gasteiger partial charge in [-0.1, -0.05) is 6.07 Å². The van der Waals surface area contributed by atoms with Crippen LogP contribution in [-0.2, 0) is 20.0 Å². The van der Waals surface area contributed by atoms with Crippen LogP contribution in [-0.4, -0.2) is 74.7 Å². The number of nitrogens with two attached hydrogens (primary N) is 2. The lowest BCUT2D eigenvalue weighted by Gasteiger charge is -2.25. The minimum Gasteiger partial charge on any atom is -0.384 e. The number of sulfonamides is 2. The highest BCUT2D eigenvalue weighted by Crippen LogP contribution is 2.38. The maximum atomic E-state index is 13.2. The maximum Gasteiger partial charge on any atom is 0.241 e. The Bertz CT molecular complexity index is 1340. The Kier molecular flexibility index (Phi) is 6.37. The summed E-state index contributed by atoms with van der Waals surface area (Å²) >= 11 is 0. The van der Waals surface area contributed by atoms with E-state index >= 15 is 0 Å². The number of nitrogens with one attached hydrogen (secondary N) is 4. The van der Waals surface area contributed by atoms with E-state index in [1.807, 2.05) is 0 Å². The fourth-order valence-corrected chi connectivity index (χ4v) is 6.18. The van der Waals surface area contributed by atoms with Gasteiger partial charge in [-0.05, 0) is 29.0 Å². The SMILES string of the molecule is Nc1ccc(-c2ccc(S(=O)(=O)NCC3CNCCN3)c(S(N)(=O)=O)c2-c2nn[nH]n2)cn1. The van der Waals surface area contributed by atoms with Crippen LogP contribution in [0.25, 0.3) is 22.5 Å². The number of anilines is 1. The van der Waals surface area contributed by atoms with Crippen LogP contribution < -0.4 is 26.2 Å². The molecule has 8 N–H and O–H groups in total. The summed E-state index contributed by atoms with van der Waals surface area (Å²) in [4.78, 5) is 2.83. The van der Waals surface area contributed by atoms with Gasteiger partial charge in [-0.15, -0.1) is 10.2 Å². The van der Waals surface area contributed by atoms with Gasteiger partial charge in [0.15, 0.2) is 0 Å². The zero-order valence-corrected chi connectivity index (χ0v) is 18.8. The first-order valence-corrected chi connectivity index (χ1v) is 12.8. The zero-order chi connectivity index (χ0) is 23.6. The molecule has 0 spiro atoms. The summed E-state index contributed by atoms with van der Waals surface area (Å²) < 4.78 is 54.2. The molecule has 1 unspecified atom stereocenters. The molecule has 0 radical (unpaired) electrons. The topological polar surface area (TPSA) is 224 Å². The van der Waals surface area contributed by atoms with Crippen molar-refractivity contribution in [3.8, 4) is 22.5 Å². The summed E-state index contributed by atoms with van der Waals surface area (Å²) in [7, 11) is -8.86. The molecule has 1 atom stereocenters. The van der Waals surface area contributed by atoms with Crippen molar-refractivity contribution in [2.45, 2.75) is 15.8 Å². The van der Waals surface area contributed by atoms with E-state index in [1.165, 1.54) is 24.4 Å². The molecule has 33 heavy (non-hydrogen) atoms. The number of aromatic nitrogens is 5. The van der Waals surface area contributed by atoms with Gasteiger partial charge in [-0.25, -0.2) is 31.7 Å². The molecule has 1 aromatic carbocycles. The number of nitrogen functional groups attached to an aromatic ring is 1. The summed E-state index contributed by atoms with van der Waals surface area (Å²) in [5.74, 6) is 0.0989. The molecule has 14 nitrogen and oxygen atoms in total. The third-order valence-corrected chi connectivity index (χ3v) is 7.60. The first kappa shape index (κ1) is 23.1. The first-order chi connectivity index (χ1) is 15.7. The Hall–Kier alpha value is -3.02. The molecule has 3 aromatic rings. The fraction of sp³-hybridized carbons (Fsp3) is 0.294. The van der Waals surface area contributed by atoms with E-state index in [4.69, 9.17) is 10.9 Å². The van der Waals surface area contributed by atoms with Crippen molar-refractivity contribution in [2.24, 2.45) is 5.14 Å². The molecule has 1 saturated heterocycles. The molecular weight excluding hydrogens is 472 g/mol. The number of nitrogens with zero attached hydrogens (tertiary/aromatic N) is 4. The Morgan fingerprint density at radius 2 is 1.94 bits per heavy atom. The van der Waals surface area contributed by atoms with Crippen molar-refractivity contribution in [1.82, 2.24) is 41.0 Å². The molecule has 1 fully saturated rings. The fourth-order valence-electron chi connectivity index (χ4n) is 3.50. The van der Waals surface area contributed by atoms with Crippen LogP contribution in [0.1, 0.15) is 0 Å². The smallest absolute Gasteiger partial charge is 0.241 e. The molecular formula is C17H22N10O4S2. The highest BCUT2D eigenvalue weighted by Gasteiger charge is 2.32. The first-order valence-electron chi connectivity index (χ1n) is 9.76. The number of hydrogen-bond donors (Lipinski definition) is 6. The van der Waals surface area contributed by atoms with E-state index in [9.17, 15) is 16.8 Å². The molecule has 2 aromatic heterocycles. The quantitative estimate of drug-likeness (QED) is 0.210. The molecule has 0 saturated carbocycles. The highest BCUT2D eigenvalue weighted by atomic mass is 32.2. The van der Waals surface area contributed by atoms with Gasteiger partial charge in [0.2, 0.25) is 25.9 Å². The molecule has 0 bridgehead atoms. The van der Waals surface area contributed by atoms with E-state index in [1.54, 1.807) is 6.07 Å². The predicted octanol–water partition coefficient (Wildman–Crippen LogP) is -2.00. The van der Waals surface area contributed by atoms with E-state index < -0.39 is 29.8 Å². The molecule has 0 aliphatic carbocycles. The van der Waals surface area contributed by atoms with Crippen LogP contribution in [0.15, 0.2) is 40.3 Å². The summed E-state index contributed by atoms with van der Waals surface area (Å²) in [6.45, 7) is 2.05. The number of piperazine rings is 1. The lowest BCUT2D eigenvalue weighted by atomic mass is 10.0. The maximum absolute atomic E-state index is 13.2. The van der Waals surface area contributed by atoms with E-state index in [0.717, 1.165) is 6.54 Å². The predicted molar refractivity (Wildman–Crippen MR) is 118 cm³/mol. The Morgan fingerprint density at radius 1 is 1.12 bits per heavy atom. The molecule has 0 amide bonds. The molecule has 1 aliphatic heterocycles. The number of pyridine rings is 1. The Labute approximate surface area is 189 Å². The van der Waals surface area contributed by atoms with E-state index in [-0.39, 0.29) is 35.4 Å². The van der Waals surface area contributed by atoms with Crippen LogP contribution in [0.5, 0.6) is 0 Å². The van der Waals surface area contributed by atoms with Crippen molar-refractivity contribution in [1.29, 1.82) is 0 Å². The monoisotopic (exact) mass is 494 g/mol. The van der Waals surface area contributed by atoms with Crippen LogP contribution in [0.3, 0.4) is 0 Å². The minimum absolute atomic E-state index is 0.0422. The molecule has 4 rings (SSSR count). The standard InChI is InChI=1S/C17H22N10O4S2/c18-14-4-1-10(7-22-14)12-2-3-13(33(30,31)23-9-11-8-20-5-6-21-11)16(32(19,28)29)15(12)17-24-26-27-25-17/h1-4,7,11,20-21,23H,5-6,8-9H2,(H2,18,22)(H2,19,28,29)(H,24,25,26,27). The summed E-state index contributed by atoms with van der Waals surface area (Å²) in [6.07, 6.45) is 1.41. The number of H-pyrrole nitrogens is 1. The van der Waals surface area contributed by atoms with Gasteiger partial charge in [0.25, 0.3) is 0 Å². The zero-order valence-electron chi connectivity index (χ0n) is 17.2. The number of rotatable bonds is 7. The van der Waals surface area contributed by atoms with Gasteiger partial charge in [-0.2, -0.15) is 5.21 Å². The lowest BCUT2D eigenvalue weighted by Crippen LogP contribution is -2.53. The average Bonchev–Trinajstić information content (AvgIpc) is 3.32. The number of hydrogen-bond acceptors (Lipinski definition) is 11. The van der Waals surface area contributed by atoms with Crippen molar-refractivity contribution in [3.05, 3.63) is 30.5 Å². The average molecular weight is 495 g/mol. The third kappa shape index (κ3) is 5.00. The summed E-state index contributed by atoms with van der Waals surface area (Å²) in [5.41, 5.74) is 6.25. The van der Waals surface area contributed by atoms with Crippen LogP contribution in [0.2, 0.25) is 0 Å². The number of tetrazole rings is 1. The third-order valence-electron chi connectivity index (χ3n) is 5.01. The summed E-state index contributed by atoms with van der Waals surface area (Å²) in [5, 5.41) is 25.3. The van der Waals surface area contributed by atoms with E-state index in [0.29, 0.717) is 18.7 Å². The minimum atomic E-state index is -4.57. The van der Waals surface area contributed by atoms with Gasteiger partial charge < -0.3 is 16.4 Å². The number of primary sulfonamides is 1. The van der Waals surface area contributed by atoms with Gasteiger partial charge in [0.05, 0.1) is 5.56 Å². The number of benzene rings is 1. The van der Waals surface area contributed by atoms with Crippen molar-refractivity contribution < 1.29 is 16.8 Å². The van der Waals surface area contributed by atoms with Crippen LogP contribution in [0.4, 0.5) is 5.82 Å². The second-order valence-electron chi connectivity index (χ2n) is 7.27. The molecule has 16 heteroatoms. The summed E-state index contributed by atoms with van der Waals surface area (Å²) in [6, 6.07) is 5.56. The van der Waals surface area contributed by atoms with Gasteiger partial charge >= 0.3 is 0 Å². The van der Waals surface area contributed by atoms with Crippen molar-refractivity contribution in [2.75, 3.05) is 31.9 Å². The largest absolute Gasteiger partial charge is 0.384 e. The second kappa shape index (κ2) is 9.08. The van der Waals surface area contributed by atoms with E-state index in [2.05, 4.69) is 41.0 Å². The lowest BCUT2D eigenvalue weighted by molar-refractivity contribution is 0.414. The second-order valence-corrected chi connectivity index (χ2v) is 10.5.